The molecule has 4 nitrogen and oxygen atoms in total. The van der Waals surface area contributed by atoms with E-state index < -0.39 is 0 Å². The molecule has 68 valence electrons. The average Bonchev–Trinajstić information content (AvgIpc) is 2.17. The zero-order chi connectivity index (χ0) is 9.26. The van der Waals surface area contributed by atoms with E-state index in [-0.39, 0.29) is 5.91 Å². The van der Waals surface area contributed by atoms with Crippen molar-refractivity contribution in [2.75, 3.05) is 7.11 Å². The highest BCUT2D eigenvalue weighted by molar-refractivity contribution is 5.80. The van der Waals surface area contributed by atoms with Gasteiger partial charge < -0.3 is 10.1 Å². The Morgan fingerprint density at radius 1 is 1.54 bits per heavy atom. The van der Waals surface area contributed by atoms with Gasteiger partial charge in [-0.3, -0.25) is 4.79 Å². The molecule has 0 atom stereocenters. The van der Waals surface area contributed by atoms with Gasteiger partial charge in [-0.25, -0.2) is 4.98 Å². The Bertz CT molecular complexity index is 349. The van der Waals surface area contributed by atoms with Crippen LogP contribution in [0.25, 0.3) is 0 Å². The Morgan fingerprint density at radius 3 is 3.15 bits per heavy atom. The van der Waals surface area contributed by atoms with Crippen LogP contribution in [0.4, 0.5) is 0 Å². The lowest BCUT2D eigenvalue weighted by molar-refractivity contribution is -0.121. The molecule has 0 saturated carbocycles. The molecule has 1 aliphatic heterocycles. The second-order valence-electron chi connectivity index (χ2n) is 2.95. The number of amides is 1. The number of methoxy groups -OCH3 is 1. The van der Waals surface area contributed by atoms with Crippen molar-refractivity contribution >= 4 is 5.91 Å². The fraction of sp³-hybridized carbons (Fsp3) is 0.333. The van der Waals surface area contributed by atoms with E-state index in [9.17, 15) is 4.79 Å². The van der Waals surface area contributed by atoms with E-state index in [1.165, 1.54) is 0 Å². The van der Waals surface area contributed by atoms with Crippen LogP contribution in [0.3, 0.4) is 0 Å². The molecule has 2 rings (SSSR count). The van der Waals surface area contributed by atoms with Crippen LogP contribution in [-0.2, 0) is 17.8 Å². The minimum atomic E-state index is 0.0551. The summed E-state index contributed by atoms with van der Waals surface area (Å²) < 4.78 is 4.98. The fourth-order valence-electron chi connectivity index (χ4n) is 1.37. The number of hydrogen-bond acceptors (Lipinski definition) is 3. The van der Waals surface area contributed by atoms with Crippen molar-refractivity contribution < 1.29 is 9.53 Å². The Balaban J connectivity index is 2.36. The SMILES string of the molecule is COc1cc2c(cn1)CC(=O)NC2. The van der Waals surface area contributed by atoms with Gasteiger partial charge in [-0.15, -0.1) is 0 Å². The number of carbonyl (C=O) groups is 1. The third-order valence-electron chi connectivity index (χ3n) is 2.09. The molecule has 1 aromatic heterocycles. The molecule has 0 fully saturated rings. The van der Waals surface area contributed by atoms with Gasteiger partial charge >= 0.3 is 0 Å². The van der Waals surface area contributed by atoms with Gasteiger partial charge in [0.2, 0.25) is 11.8 Å². The number of aromatic nitrogens is 1. The minimum absolute atomic E-state index is 0.0551. The van der Waals surface area contributed by atoms with Gasteiger partial charge in [-0.1, -0.05) is 0 Å². The van der Waals surface area contributed by atoms with Gasteiger partial charge in [0.15, 0.2) is 0 Å². The van der Waals surface area contributed by atoms with Crippen molar-refractivity contribution in [3.05, 3.63) is 23.4 Å². The largest absolute Gasteiger partial charge is 0.481 e. The summed E-state index contributed by atoms with van der Waals surface area (Å²) in [6, 6.07) is 1.86. The first-order chi connectivity index (χ1) is 6.29. The topological polar surface area (TPSA) is 51.2 Å². The van der Waals surface area contributed by atoms with Crippen molar-refractivity contribution in [2.45, 2.75) is 13.0 Å². The molecule has 1 amide bonds. The monoisotopic (exact) mass is 178 g/mol. The maximum atomic E-state index is 11.0. The molecule has 1 aliphatic rings. The standard InChI is InChI=1S/C9H10N2O2/c1-13-9-3-7-4-10-8(12)2-6(7)5-11-9/h3,5H,2,4H2,1H3,(H,10,12). The molecule has 1 aromatic rings. The predicted octanol–water partition coefficient (Wildman–Crippen LogP) is 0.263. The van der Waals surface area contributed by atoms with Crippen molar-refractivity contribution in [3.63, 3.8) is 0 Å². The van der Waals surface area contributed by atoms with Crippen LogP contribution < -0.4 is 10.1 Å². The van der Waals surface area contributed by atoms with Gasteiger partial charge in [-0.05, 0) is 11.1 Å². The second-order valence-corrected chi connectivity index (χ2v) is 2.95. The number of nitrogens with zero attached hydrogens (tertiary/aromatic N) is 1. The summed E-state index contributed by atoms with van der Waals surface area (Å²) in [6.07, 6.45) is 2.12. The smallest absolute Gasteiger partial charge is 0.224 e. The first kappa shape index (κ1) is 8.04. The summed E-state index contributed by atoms with van der Waals surface area (Å²) in [5.41, 5.74) is 2.08. The van der Waals surface area contributed by atoms with Crippen LogP contribution in [0, 0.1) is 0 Å². The summed E-state index contributed by atoms with van der Waals surface area (Å²) in [5.74, 6) is 0.648. The number of rotatable bonds is 1. The highest BCUT2D eigenvalue weighted by Gasteiger charge is 2.15. The molecule has 0 saturated heterocycles. The van der Waals surface area contributed by atoms with E-state index in [1.807, 2.05) is 6.07 Å². The van der Waals surface area contributed by atoms with E-state index >= 15 is 0 Å². The lowest BCUT2D eigenvalue weighted by atomic mass is 10.0. The summed E-state index contributed by atoms with van der Waals surface area (Å²) in [5, 5.41) is 2.77. The Kier molecular flexibility index (Phi) is 1.88. The van der Waals surface area contributed by atoms with Crippen molar-refractivity contribution in [1.82, 2.24) is 10.3 Å². The molecule has 4 heteroatoms. The van der Waals surface area contributed by atoms with Crippen LogP contribution in [0.15, 0.2) is 12.3 Å². The number of pyridine rings is 1. The van der Waals surface area contributed by atoms with Crippen LogP contribution in [0.2, 0.25) is 0 Å². The van der Waals surface area contributed by atoms with Gasteiger partial charge in [-0.2, -0.15) is 0 Å². The van der Waals surface area contributed by atoms with Crippen LogP contribution in [0.5, 0.6) is 5.88 Å². The van der Waals surface area contributed by atoms with E-state index in [1.54, 1.807) is 13.3 Å². The molecule has 0 aromatic carbocycles. The summed E-state index contributed by atoms with van der Waals surface area (Å²) in [6.45, 7) is 0.576. The molecular weight excluding hydrogens is 168 g/mol. The maximum absolute atomic E-state index is 11.0. The Morgan fingerprint density at radius 2 is 2.38 bits per heavy atom. The quantitative estimate of drug-likeness (QED) is 0.671. The number of carbonyl (C=O) groups excluding carboxylic acids is 1. The average molecular weight is 178 g/mol. The Hall–Kier alpha value is -1.58. The van der Waals surface area contributed by atoms with Crippen LogP contribution in [0.1, 0.15) is 11.1 Å². The van der Waals surface area contributed by atoms with Crippen molar-refractivity contribution in [3.8, 4) is 5.88 Å². The first-order valence-corrected chi connectivity index (χ1v) is 4.08. The molecule has 0 aliphatic carbocycles. The third kappa shape index (κ3) is 1.47. The number of nitrogens with one attached hydrogen (secondary N) is 1. The van der Waals surface area contributed by atoms with Gasteiger partial charge in [0.1, 0.15) is 0 Å². The lowest BCUT2D eigenvalue weighted by Crippen LogP contribution is -2.30. The lowest BCUT2D eigenvalue weighted by Gasteiger charge is -2.16. The normalized spacial score (nSPS) is 14.7. The molecular formula is C9H10N2O2. The molecule has 2 heterocycles. The maximum Gasteiger partial charge on any atom is 0.224 e. The predicted molar refractivity (Wildman–Crippen MR) is 46.3 cm³/mol. The highest BCUT2D eigenvalue weighted by Crippen LogP contribution is 2.17. The third-order valence-corrected chi connectivity index (χ3v) is 2.09. The van der Waals surface area contributed by atoms with Crippen molar-refractivity contribution in [1.29, 1.82) is 0 Å². The van der Waals surface area contributed by atoms with Gasteiger partial charge in [0.05, 0.1) is 13.5 Å². The van der Waals surface area contributed by atoms with E-state index in [2.05, 4.69) is 10.3 Å². The zero-order valence-corrected chi connectivity index (χ0v) is 7.33. The van der Waals surface area contributed by atoms with E-state index in [0.717, 1.165) is 11.1 Å². The second kappa shape index (κ2) is 3.05. The molecule has 13 heavy (non-hydrogen) atoms. The molecule has 1 N–H and O–H groups in total. The van der Waals surface area contributed by atoms with E-state index in [4.69, 9.17) is 4.74 Å². The summed E-state index contributed by atoms with van der Waals surface area (Å²) in [4.78, 5) is 15.1. The number of fused-ring (bicyclic) bond motifs is 1. The molecule has 0 unspecified atom stereocenters. The van der Waals surface area contributed by atoms with Gasteiger partial charge in [0.25, 0.3) is 0 Å². The number of hydrogen-bond donors (Lipinski definition) is 1. The van der Waals surface area contributed by atoms with Gasteiger partial charge in [0, 0.05) is 18.8 Å². The van der Waals surface area contributed by atoms with Crippen LogP contribution in [-0.4, -0.2) is 18.0 Å². The number of ether oxygens (including phenoxy) is 1. The van der Waals surface area contributed by atoms with E-state index in [0.29, 0.717) is 18.8 Å². The molecule has 0 spiro atoms. The zero-order valence-electron chi connectivity index (χ0n) is 7.33. The minimum Gasteiger partial charge on any atom is -0.481 e. The molecule has 0 radical (unpaired) electrons. The van der Waals surface area contributed by atoms with Crippen LogP contribution >= 0.6 is 0 Å². The fourth-order valence-corrected chi connectivity index (χ4v) is 1.37. The first-order valence-electron chi connectivity index (χ1n) is 4.08. The highest BCUT2D eigenvalue weighted by atomic mass is 16.5. The molecule has 0 bridgehead atoms. The van der Waals surface area contributed by atoms with Crippen molar-refractivity contribution in [2.24, 2.45) is 0 Å². The summed E-state index contributed by atoms with van der Waals surface area (Å²) >= 11 is 0. The summed E-state index contributed by atoms with van der Waals surface area (Å²) in [7, 11) is 1.58. The Labute approximate surface area is 75.9 Å².